The number of aromatic nitrogens is 1. The number of carbonyl (C=O) groups is 1. The van der Waals surface area contributed by atoms with Crippen LogP contribution in [0.5, 0.6) is 0 Å². The van der Waals surface area contributed by atoms with Crippen molar-refractivity contribution < 1.29 is 13.2 Å². The van der Waals surface area contributed by atoms with Gasteiger partial charge in [0.05, 0.1) is 5.75 Å². The maximum atomic E-state index is 11.5. The molecule has 1 aromatic heterocycles. The quantitative estimate of drug-likeness (QED) is 0.811. The Bertz CT molecular complexity index is 502. The first-order chi connectivity index (χ1) is 7.88. The Hall–Kier alpha value is -1.14. The molecule has 1 rings (SSSR count). The molecule has 0 aliphatic heterocycles. The summed E-state index contributed by atoms with van der Waals surface area (Å²) in [6.45, 7) is 0.292. The molecule has 1 N–H and O–H groups in total. The van der Waals surface area contributed by atoms with E-state index in [2.05, 4.69) is 10.3 Å². The number of nitrogens with one attached hydrogen (secondary N) is 1. The number of pyridine rings is 1. The van der Waals surface area contributed by atoms with Crippen LogP contribution >= 0.6 is 11.6 Å². The molecule has 0 saturated carbocycles. The molecule has 0 aromatic carbocycles. The number of halogens is 1. The summed E-state index contributed by atoms with van der Waals surface area (Å²) in [6, 6.07) is 3.02. The monoisotopic (exact) mass is 276 g/mol. The summed E-state index contributed by atoms with van der Waals surface area (Å²) < 4.78 is 21.7. The van der Waals surface area contributed by atoms with Crippen LogP contribution in [0.3, 0.4) is 0 Å². The van der Waals surface area contributed by atoms with E-state index < -0.39 is 9.84 Å². The van der Waals surface area contributed by atoms with Gasteiger partial charge in [-0.3, -0.25) is 9.78 Å². The van der Waals surface area contributed by atoms with E-state index in [0.717, 1.165) is 6.26 Å². The van der Waals surface area contributed by atoms with Gasteiger partial charge in [-0.1, -0.05) is 11.6 Å². The number of amides is 1. The molecule has 0 fully saturated rings. The lowest BCUT2D eigenvalue weighted by Crippen LogP contribution is -2.26. The van der Waals surface area contributed by atoms with E-state index in [1.165, 1.54) is 12.3 Å². The first-order valence-electron chi connectivity index (χ1n) is 4.96. The van der Waals surface area contributed by atoms with Crippen LogP contribution in [0.1, 0.15) is 16.9 Å². The number of hydrogen-bond acceptors (Lipinski definition) is 4. The van der Waals surface area contributed by atoms with Gasteiger partial charge in [0.1, 0.15) is 15.5 Å². The fourth-order valence-corrected chi connectivity index (χ4v) is 1.98. The van der Waals surface area contributed by atoms with Crippen LogP contribution in [0.2, 0.25) is 5.02 Å². The van der Waals surface area contributed by atoms with E-state index >= 15 is 0 Å². The van der Waals surface area contributed by atoms with Crippen LogP contribution in [-0.2, 0) is 9.84 Å². The van der Waals surface area contributed by atoms with E-state index in [1.54, 1.807) is 6.07 Å². The summed E-state index contributed by atoms with van der Waals surface area (Å²) in [7, 11) is -2.98. The summed E-state index contributed by atoms with van der Waals surface area (Å²) >= 11 is 5.71. The van der Waals surface area contributed by atoms with Gasteiger partial charge >= 0.3 is 0 Å². The highest BCUT2D eigenvalue weighted by Gasteiger charge is 2.07. The van der Waals surface area contributed by atoms with Crippen LogP contribution < -0.4 is 5.32 Å². The fourth-order valence-electron chi connectivity index (χ4n) is 1.16. The first kappa shape index (κ1) is 13.9. The van der Waals surface area contributed by atoms with Crippen LogP contribution in [-0.4, -0.2) is 37.9 Å². The molecule has 1 aromatic rings. The third kappa shape index (κ3) is 5.65. The summed E-state index contributed by atoms with van der Waals surface area (Å²) in [4.78, 5) is 15.4. The summed E-state index contributed by atoms with van der Waals surface area (Å²) in [5.41, 5.74) is 0.219. The number of rotatable bonds is 5. The van der Waals surface area contributed by atoms with Crippen molar-refractivity contribution >= 4 is 27.3 Å². The Morgan fingerprint density at radius 3 is 2.82 bits per heavy atom. The molecule has 0 spiro atoms. The fraction of sp³-hybridized carbons (Fsp3) is 0.400. The Morgan fingerprint density at radius 2 is 2.24 bits per heavy atom. The molecule has 1 amide bonds. The molecule has 1 heterocycles. The molecule has 5 nitrogen and oxygen atoms in total. The third-order valence-corrected chi connectivity index (χ3v) is 3.20. The molecule has 0 aliphatic carbocycles. The second-order valence-electron chi connectivity index (χ2n) is 3.60. The van der Waals surface area contributed by atoms with Crippen molar-refractivity contribution in [2.45, 2.75) is 6.42 Å². The summed E-state index contributed by atoms with van der Waals surface area (Å²) in [5.74, 6) is -0.308. The van der Waals surface area contributed by atoms with Crippen molar-refractivity contribution in [1.82, 2.24) is 10.3 Å². The van der Waals surface area contributed by atoms with E-state index in [1.807, 2.05) is 0 Å². The zero-order valence-electron chi connectivity index (χ0n) is 9.31. The Morgan fingerprint density at radius 1 is 1.53 bits per heavy atom. The highest BCUT2D eigenvalue weighted by Crippen LogP contribution is 2.07. The first-order valence-corrected chi connectivity index (χ1v) is 7.40. The topological polar surface area (TPSA) is 76.1 Å². The molecular weight excluding hydrogens is 264 g/mol. The highest BCUT2D eigenvalue weighted by atomic mass is 35.5. The lowest BCUT2D eigenvalue weighted by Gasteiger charge is -2.04. The van der Waals surface area contributed by atoms with E-state index in [9.17, 15) is 13.2 Å². The number of hydrogen-bond donors (Lipinski definition) is 1. The van der Waals surface area contributed by atoms with Crippen LogP contribution in [0.25, 0.3) is 0 Å². The lowest BCUT2D eigenvalue weighted by atomic mass is 10.3. The van der Waals surface area contributed by atoms with Crippen LogP contribution in [0.15, 0.2) is 18.3 Å². The molecule has 94 valence electrons. The predicted molar refractivity (Wildman–Crippen MR) is 65.9 cm³/mol. The number of carbonyl (C=O) groups excluding carboxylic acids is 1. The zero-order chi connectivity index (χ0) is 12.9. The minimum absolute atomic E-state index is 0.0518. The summed E-state index contributed by atoms with van der Waals surface area (Å²) in [5, 5.41) is 3.01. The van der Waals surface area contributed by atoms with Crippen LogP contribution in [0, 0.1) is 0 Å². The van der Waals surface area contributed by atoms with Gasteiger partial charge in [-0.2, -0.15) is 0 Å². The molecule has 0 radical (unpaired) electrons. The van der Waals surface area contributed by atoms with Crippen molar-refractivity contribution in [3.8, 4) is 0 Å². The van der Waals surface area contributed by atoms with Gasteiger partial charge in [-0.25, -0.2) is 8.42 Å². The van der Waals surface area contributed by atoms with Crippen molar-refractivity contribution in [3.05, 3.63) is 29.0 Å². The van der Waals surface area contributed by atoms with Gasteiger partial charge in [0.15, 0.2) is 0 Å². The smallest absolute Gasteiger partial charge is 0.269 e. The zero-order valence-corrected chi connectivity index (χ0v) is 10.9. The average molecular weight is 277 g/mol. The van der Waals surface area contributed by atoms with E-state index in [4.69, 9.17) is 11.6 Å². The minimum atomic E-state index is -2.98. The SMILES string of the molecule is CS(=O)(=O)CCCNC(=O)c1cc(Cl)ccn1. The second kappa shape index (κ2) is 5.97. The van der Waals surface area contributed by atoms with E-state index in [0.29, 0.717) is 18.0 Å². The van der Waals surface area contributed by atoms with E-state index in [-0.39, 0.29) is 17.4 Å². The minimum Gasteiger partial charge on any atom is -0.351 e. The van der Waals surface area contributed by atoms with Crippen LogP contribution in [0.4, 0.5) is 0 Å². The Kier molecular flexibility index (Phi) is 4.89. The van der Waals surface area contributed by atoms with Crippen molar-refractivity contribution in [1.29, 1.82) is 0 Å². The predicted octanol–water partition coefficient (Wildman–Crippen LogP) is 0.900. The van der Waals surface area contributed by atoms with Gasteiger partial charge in [0, 0.05) is 24.0 Å². The maximum absolute atomic E-state index is 11.5. The molecule has 0 unspecified atom stereocenters. The Labute approximate surface area is 105 Å². The normalized spacial score (nSPS) is 11.2. The molecule has 0 atom stereocenters. The van der Waals surface area contributed by atoms with Gasteiger partial charge < -0.3 is 5.32 Å². The molecular formula is C10H13ClN2O3S. The largest absolute Gasteiger partial charge is 0.351 e. The standard InChI is InChI=1S/C10H13ClN2O3S/c1-17(15,16)6-2-4-13-10(14)9-7-8(11)3-5-12-9/h3,5,7H,2,4,6H2,1H3,(H,13,14). The van der Waals surface area contributed by atoms with Gasteiger partial charge in [0.25, 0.3) is 5.91 Å². The van der Waals surface area contributed by atoms with Gasteiger partial charge in [-0.15, -0.1) is 0 Å². The van der Waals surface area contributed by atoms with Gasteiger partial charge in [-0.05, 0) is 18.6 Å². The lowest BCUT2D eigenvalue weighted by molar-refractivity contribution is 0.0948. The molecule has 0 saturated heterocycles. The highest BCUT2D eigenvalue weighted by molar-refractivity contribution is 7.90. The number of sulfone groups is 1. The molecule has 0 aliphatic rings. The van der Waals surface area contributed by atoms with Gasteiger partial charge in [0.2, 0.25) is 0 Å². The average Bonchev–Trinajstić information content (AvgIpc) is 2.23. The molecule has 17 heavy (non-hydrogen) atoms. The summed E-state index contributed by atoms with van der Waals surface area (Å²) in [6.07, 6.45) is 2.98. The molecule has 0 bridgehead atoms. The van der Waals surface area contributed by atoms with Crippen molar-refractivity contribution in [3.63, 3.8) is 0 Å². The second-order valence-corrected chi connectivity index (χ2v) is 6.29. The third-order valence-electron chi connectivity index (χ3n) is 1.93. The molecule has 7 heteroatoms. The van der Waals surface area contributed by atoms with Crippen molar-refractivity contribution in [2.75, 3.05) is 18.6 Å². The van der Waals surface area contributed by atoms with Crippen molar-refractivity contribution in [2.24, 2.45) is 0 Å². The maximum Gasteiger partial charge on any atom is 0.269 e. The Balaban J connectivity index is 2.41. The number of nitrogens with zero attached hydrogens (tertiary/aromatic N) is 1.